The number of hydrogen-bond acceptors (Lipinski definition) is 4. The van der Waals surface area contributed by atoms with Gasteiger partial charge in [0.2, 0.25) is 5.91 Å². The molecule has 1 heterocycles. The summed E-state index contributed by atoms with van der Waals surface area (Å²) >= 11 is 0. The largest absolute Gasteiger partial charge is 0.464 e. The third kappa shape index (κ3) is 3.88. The molecule has 3 aromatic rings. The predicted octanol–water partition coefficient (Wildman–Crippen LogP) is 4.10. The van der Waals surface area contributed by atoms with Crippen LogP contribution in [0.5, 0.6) is 0 Å². The van der Waals surface area contributed by atoms with Gasteiger partial charge in [-0.1, -0.05) is 11.6 Å². The number of amides is 1. The first-order chi connectivity index (χ1) is 12.1. The Morgan fingerprint density at radius 3 is 2.60 bits per heavy atom. The van der Waals surface area contributed by atoms with E-state index in [0.29, 0.717) is 17.9 Å². The summed E-state index contributed by atoms with van der Waals surface area (Å²) < 4.78 is 10.4. The molecular weight excluding hydrogens is 318 g/mol. The Morgan fingerprint density at radius 2 is 1.88 bits per heavy atom. The van der Waals surface area contributed by atoms with Gasteiger partial charge in [0.1, 0.15) is 5.58 Å². The lowest BCUT2D eigenvalue weighted by Crippen LogP contribution is -2.14. The summed E-state index contributed by atoms with van der Waals surface area (Å²) in [5.74, 6) is -0.520. The van der Waals surface area contributed by atoms with Gasteiger partial charge < -0.3 is 14.5 Å². The fraction of sp³-hybridized carbons (Fsp3) is 0.200. The van der Waals surface area contributed by atoms with Gasteiger partial charge in [0.05, 0.1) is 24.9 Å². The molecule has 0 aliphatic heterocycles. The molecular formula is C20H19NO4. The first kappa shape index (κ1) is 16.8. The van der Waals surface area contributed by atoms with Crippen LogP contribution in [0.4, 0.5) is 5.69 Å². The molecule has 2 aromatic carbocycles. The Balaban J connectivity index is 1.67. The molecule has 0 radical (unpaired) electrons. The van der Waals surface area contributed by atoms with E-state index in [4.69, 9.17) is 9.15 Å². The molecule has 0 aliphatic carbocycles. The van der Waals surface area contributed by atoms with Crippen molar-refractivity contribution < 1.29 is 18.7 Å². The number of carbonyl (C=O) groups is 2. The van der Waals surface area contributed by atoms with Crippen molar-refractivity contribution in [3.63, 3.8) is 0 Å². The second-order valence-electron chi connectivity index (χ2n) is 5.78. The zero-order valence-electron chi connectivity index (χ0n) is 14.2. The average Bonchev–Trinajstić information content (AvgIpc) is 2.97. The minimum absolute atomic E-state index is 0.145. The Labute approximate surface area is 145 Å². The van der Waals surface area contributed by atoms with Gasteiger partial charge in [-0.15, -0.1) is 0 Å². The number of ether oxygens (including phenoxy) is 1. The number of hydrogen-bond donors (Lipinski definition) is 1. The second-order valence-corrected chi connectivity index (χ2v) is 5.78. The minimum atomic E-state index is -0.374. The van der Waals surface area contributed by atoms with Crippen LogP contribution in [0.3, 0.4) is 0 Å². The van der Waals surface area contributed by atoms with Crippen LogP contribution in [-0.4, -0.2) is 18.5 Å². The predicted molar refractivity (Wildman–Crippen MR) is 95.7 cm³/mol. The number of carbonyl (C=O) groups excluding carboxylic acids is 2. The highest BCUT2D eigenvalue weighted by Gasteiger charge is 2.12. The maximum Gasteiger partial charge on any atom is 0.338 e. The molecule has 0 saturated carbocycles. The number of esters is 1. The van der Waals surface area contributed by atoms with Crippen molar-refractivity contribution in [2.45, 2.75) is 20.3 Å². The smallest absolute Gasteiger partial charge is 0.338 e. The first-order valence-corrected chi connectivity index (χ1v) is 8.10. The summed E-state index contributed by atoms with van der Waals surface area (Å²) in [6.07, 6.45) is 1.84. The maximum absolute atomic E-state index is 12.3. The zero-order chi connectivity index (χ0) is 17.8. The van der Waals surface area contributed by atoms with Crippen molar-refractivity contribution in [3.05, 3.63) is 65.4 Å². The van der Waals surface area contributed by atoms with Crippen LogP contribution in [0, 0.1) is 6.92 Å². The van der Waals surface area contributed by atoms with Crippen molar-refractivity contribution in [2.75, 3.05) is 11.9 Å². The average molecular weight is 337 g/mol. The molecule has 1 N–H and O–H groups in total. The molecule has 0 saturated heterocycles. The third-order valence-corrected chi connectivity index (χ3v) is 3.84. The fourth-order valence-corrected chi connectivity index (χ4v) is 2.61. The van der Waals surface area contributed by atoms with E-state index in [9.17, 15) is 9.59 Å². The molecule has 25 heavy (non-hydrogen) atoms. The lowest BCUT2D eigenvalue weighted by Gasteiger charge is -2.06. The molecule has 5 heteroatoms. The van der Waals surface area contributed by atoms with Gasteiger partial charge in [-0.05, 0) is 50.2 Å². The maximum atomic E-state index is 12.3. The quantitative estimate of drug-likeness (QED) is 0.712. The highest BCUT2D eigenvalue weighted by molar-refractivity contribution is 5.96. The number of rotatable bonds is 5. The molecule has 0 bridgehead atoms. The molecule has 0 atom stereocenters. The van der Waals surface area contributed by atoms with Crippen LogP contribution >= 0.6 is 0 Å². The number of furan rings is 1. The van der Waals surface area contributed by atoms with E-state index in [1.807, 2.05) is 25.1 Å². The van der Waals surface area contributed by atoms with Crippen LogP contribution in [-0.2, 0) is 16.0 Å². The lowest BCUT2D eigenvalue weighted by atomic mass is 10.1. The fourth-order valence-electron chi connectivity index (χ4n) is 2.61. The van der Waals surface area contributed by atoms with Gasteiger partial charge >= 0.3 is 5.97 Å². The van der Waals surface area contributed by atoms with E-state index in [0.717, 1.165) is 22.1 Å². The summed E-state index contributed by atoms with van der Waals surface area (Å²) in [4.78, 5) is 23.9. The SMILES string of the molecule is CCOC(=O)c1ccc(NC(=O)Cc2coc3ccc(C)cc23)cc1. The number of nitrogens with one attached hydrogen (secondary N) is 1. The topological polar surface area (TPSA) is 68.5 Å². The van der Waals surface area contributed by atoms with E-state index in [1.165, 1.54) is 0 Å². The molecule has 0 aliphatic rings. The van der Waals surface area contributed by atoms with E-state index in [2.05, 4.69) is 5.32 Å². The van der Waals surface area contributed by atoms with E-state index < -0.39 is 0 Å². The lowest BCUT2D eigenvalue weighted by molar-refractivity contribution is -0.115. The molecule has 3 rings (SSSR count). The van der Waals surface area contributed by atoms with Crippen molar-refractivity contribution in [1.82, 2.24) is 0 Å². The van der Waals surface area contributed by atoms with Crippen molar-refractivity contribution in [2.24, 2.45) is 0 Å². The summed E-state index contributed by atoms with van der Waals surface area (Å²) in [7, 11) is 0. The van der Waals surface area contributed by atoms with E-state index in [-0.39, 0.29) is 18.3 Å². The molecule has 5 nitrogen and oxygen atoms in total. The van der Waals surface area contributed by atoms with Crippen LogP contribution in [0.1, 0.15) is 28.4 Å². The van der Waals surface area contributed by atoms with Crippen molar-refractivity contribution >= 4 is 28.5 Å². The summed E-state index contributed by atoms with van der Waals surface area (Å²) in [6.45, 7) is 4.09. The number of fused-ring (bicyclic) bond motifs is 1. The molecule has 0 unspecified atom stereocenters. The Morgan fingerprint density at radius 1 is 1.12 bits per heavy atom. The summed E-state index contributed by atoms with van der Waals surface area (Å²) in [5, 5.41) is 3.78. The van der Waals surface area contributed by atoms with Gasteiger partial charge in [-0.2, -0.15) is 0 Å². The first-order valence-electron chi connectivity index (χ1n) is 8.10. The summed E-state index contributed by atoms with van der Waals surface area (Å²) in [6, 6.07) is 12.5. The van der Waals surface area contributed by atoms with Crippen molar-refractivity contribution in [1.29, 1.82) is 0 Å². The monoisotopic (exact) mass is 337 g/mol. The Kier molecular flexibility index (Phi) is 4.84. The number of benzene rings is 2. The standard InChI is InChI=1S/C20H19NO4/c1-3-24-20(23)14-5-7-16(8-6-14)21-19(22)11-15-12-25-18-9-4-13(2)10-17(15)18/h4-10,12H,3,11H2,1-2H3,(H,21,22). The Bertz CT molecular complexity index is 909. The normalized spacial score (nSPS) is 10.6. The molecule has 128 valence electrons. The van der Waals surface area contributed by atoms with Gasteiger partial charge in [0.15, 0.2) is 0 Å². The van der Waals surface area contributed by atoms with Crippen LogP contribution in [0.25, 0.3) is 11.0 Å². The Hall–Kier alpha value is -3.08. The van der Waals surface area contributed by atoms with Gasteiger partial charge in [0.25, 0.3) is 0 Å². The zero-order valence-corrected chi connectivity index (χ0v) is 14.2. The van der Waals surface area contributed by atoms with Gasteiger partial charge in [0, 0.05) is 16.6 Å². The van der Waals surface area contributed by atoms with Gasteiger partial charge in [-0.25, -0.2) is 4.79 Å². The van der Waals surface area contributed by atoms with E-state index >= 15 is 0 Å². The molecule has 0 spiro atoms. The highest BCUT2D eigenvalue weighted by Crippen LogP contribution is 2.23. The molecule has 0 fully saturated rings. The molecule has 1 amide bonds. The van der Waals surface area contributed by atoms with Crippen LogP contribution in [0.15, 0.2) is 53.1 Å². The highest BCUT2D eigenvalue weighted by atomic mass is 16.5. The molecule has 1 aromatic heterocycles. The van der Waals surface area contributed by atoms with E-state index in [1.54, 1.807) is 37.5 Å². The minimum Gasteiger partial charge on any atom is -0.464 e. The third-order valence-electron chi connectivity index (χ3n) is 3.84. The number of anilines is 1. The summed E-state index contributed by atoms with van der Waals surface area (Å²) in [5.41, 5.74) is 3.81. The van der Waals surface area contributed by atoms with Crippen molar-refractivity contribution in [3.8, 4) is 0 Å². The second kappa shape index (κ2) is 7.21. The van der Waals surface area contributed by atoms with Crippen LogP contribution in [0.2, 0.25) is 0 Å². The van der Waals surface area contributed by atoms with Crippen LogP contribution < -0.4 is 5.32 Å². The number of aryl methyl sites for hydroxylation is 1. The van der Waals surface area contributed by atoms with Gasteiger partial charge in [-0.3, -0.25) is 4.79 Å².